The molecule has 3 aromatic rings. The number of hydrogen-bond acceptors (Lipinski definition) is 3. The Morgan fingerprint density at radius 3 is 2.12 bits per heavy atom. The minimum Gasteiger partial charge on any atom is -0.493 e. The molecular weight excluding hydrogens is 469 g/mol. The van der Waals surface area contributed by atoms with Crippen LogP contribution in [0.5, 0.6) is 11.5 Å². The molecule has 0 aliphatic carbocycles. The first-order chi connectivity index (χ1) is 15.1. The van der Waals surface area contributed by atoms with Crippen LogP contribution in [0.15, 0.2) is 60.7 Å². The van der Waals surface area contributed by atoms with Gasteiger partial charge in [-0.3, -0.25) is 4.79 Å². The largest absolute Gasteiger partial charge is 0.493 e. The number of benzene rings is 3. The number of rotatable bonds is 6. The van der Waals surface area contributed by atoms with Crippen molar-refractivity contribution in [3.8, 4) is 11.5 Å². The van der Waals surface area contributed by atoms with E-state index in [0.29, 0.717) is 32.1 Å². The first kappa shape index (κ1) is 24.2. The standard InChI is InChI=1S/C25H24Cl3NO3/c1-25(2,3)29-24(30)16-7-12-21(22(13-16)31-4)32-23(15-5-8-17(26)9-6-15)19-11-10-18(27)14-20(19)28/h5-14,23H,1-4H3,(H,29,30). The highest BCUT2D eigenvalue weighted by atomic mass is 35.5. The zero-order valence-corrected chi connectivity index (χ0v) is 20.5. The fourth-order valence-electron chi connectivity index (χ4n) is 3.11. The number of methoxy groups -OCH3 is 1. The summed E-state index contributed by atoms with van der Waals surface area (Å²) in [7, 11) is 1.53. The van der Waals surface area contributed by atoms with Crippen LogP contribution in [0.2, 0.25) is 15.1 Å². The first-order valence-corrected chi connectivity index (χ1v) is 11.1. The fourth-order valence-corrected chi connectivity index (χ4v) is 3.74. The van der Waals surface area contributed by atoms with Crippen molar-refractivity contribution < 1.29 is 14.3 Å². The molecule has 0 aliphatic rings. The topological polar surface area (TPSA) is 47.6 Å². The van der Waals surface area contributed by atoms with Crippen molar-refractivity contribution in [1.82, 2.24) is 5.32 Å². The Labute approximate surface area is 203 Å². The van der Waals surface area contributed by atoms with Crippen LogP contribution >= 0.6 is 34.8 Å². The lowest BCUT2D eigenvalue weighted by Crippen LogP contribution is -2.40. The Balaban J connectivity index is 2.00. The van der Waals surface area contributed by atoms with Gasteiger partial charge in [0.25, 0.3) is 5.91 Å². The molecule has 3 aromatic carbocycles. The summed E-state index contributed by atoms with van der Waals surface area (Å²) < 4.78 is 11.9. The molecule has 1 N–H and O–H groups in total. The van der Waals surface area contributed by atoms with Crippen molar-refractivity contribution in [2.75, 3.05) is 7.11 Å². The van der Waals surface area contributed by atoms with Gasteiger partial charge in [-0.2, -0.15) is 0 Å². The van der Waals surface area contributed by atoms with Gasteiger partial charge < -0.3 is 14.8 Å². The van der Waals surface area contributed by atoms with E-state index >= 15 is 0 Å². The van der Waals surface area contributed by atoms with Crippen molar-refractivity contribution in [1.29, 1.82) is 0 Å². The van der Waals surface area contributed by atoms with Crippen LogP contribution in [0.1, 0.15) is 48.4 Å². The molecule has 0 bridgehead atoms. The molecule has 1 atom stereocenters. The number of carbonyl (C=O) groups excluding carboxylic acids is 1. The summed E-state index contributed by atoms with van der Waals surface area (Å²) >= 11 is 18.7. The Hall–Kier alpha value is -2.40. The molecule has 3 rings (SSSR count). The highest BCUT2D eigenvalue weighted by Crippen LogP contribution is 2.38. The lowest BCUT2D eigenvalue weighted by Gasteiger charge is -2.23. The van der Waals surface area contributed by atoms with Gasteiger partial charge in [0.15, 0.2) is 17.6 Å². The molecule has 0 radical (unpaired) electrons. The minimum absolute atomic E-state index is 0.197. The van der Waals surface area contributed by atoms with E-state index < -0.39 is 6.10 Å². The van der Waals surface area contributed by atoms with E-state index in [0.717, 1.165) is 11.1 Å². The van der Waals surface area contributed by atoms with Crippen LogP contribution in [0.25, 0.3) is 0 Å². The van der Waals surface area contributed by atoms with E-state index in [2.05, 4.69) is 5.32 Å². The monoisotopic (exact) mass is 491 g/mol. The molecule has 0 fully saturated rings. The molecule has 168 valence electrons. The number of ether oxygens (including phenoxy) is 2. The summed E-state index contributed by atoms with van der Waals surface area (Å²) in [6.45, 7) is 5.77. The van der Waals surface area contributed by atoms with E-state index in [4.69, 9.17) is 44.3 Å². The lowest BCUT2D eigenvalue weighted by atomic mass is 10.0. The molecule has 0 saturated heterocycles. The predicted molar refractivity (Wildman–Crippen MR) is 131 cm³/mol. The van der Waals surface area contributed by atoms with Gasteiger partial charge in [-0.05, 0) is 68.8 Å². The number of nitrogens with one attached hydrogen (secondary N) is 1. The summed E-state index contributed by atoms with van der Waals surface area (Å²) in [6.07, 6.45) is -0.555. The lowest BCUT2D eigenvalue weighted by molar-refractivity contribution is 0.0919. The second kappa shape index (κ2) is 10.0. The van der Waals surface area contributed by atoms with E-state index in [1.807, 2.05) is 39.0 Å². The van der Waals surface area contributed by atoms with Gasteiger partial charge in [0, 0.05) is 31.7 Å². The molecule has 0 spiro atoms. The van der Waals surface area contributed by atoms with Crippen molar-refractivity contribution >= 4 is 40.7 Å². The highest BCUT2D eigenvalue weighted by molar-refractivity contribution is 6.35. The number of hydrogen-bond donors (Lipinski definition) is 1. The Kier molecular flexibility index (Phi) is 7.60. The molecule has 0 aromatic heterocycles. The van der Waals surface area contributed by atoms with Crippen LogP contribution in [-0.2, 0) is 0 Å². The van der Waals surface area contributed by atoms with Gasteiger partial charge in [0.2, 0.25) is 0 Å². The van der Waals surface area contributed by atoms with Crippen molar-refractivity contribution in [2.45, 2.75) is 32.4 Å². The maximum Gasteiger partial charge on any atom is 0.251 e. The van der Waals surface area contributed by atoms with E-state index in [1.165, 1.54) is 7.11 Å². The number of amides is 1. The quantitative estimate of drug-likeness (QED) is 0.391. The number of halogens is 3. The average molecular weight is 493 g/mol. The number of carbonyl (C=O) groups is 1. The third-order valence-electron chi connectivity index (χ3n) is 4.58. The van der Waals surface area contributed by atoms with Crippen LogP contribution < -0.4 is 14.8 Å². The fraction of sp³-hybridized carbons (Fsp3) is 0.240. The second-order valence-corrected chi connectivity index (χ2v) is 9.57. The Bertz CT molecular complexity index is 1110. The molecule has 32 heavy (non-hydrogen) atoms. The predicted octanol–water partition coefficient (Wildman–Crippen LogP) is 7.35. The smallest absolute Gasteiger partial charge is 0.251 e. The summed E-state index contributed by atoms with van der Waals surface area (Å²) in [4.78, 5) is 12.6. The molecule has 4 nitrogen and oxygen atoms in total. The minimum atomic E-state index is -0.555. The van der Waals surface area contributed by atoms with Crippen LogP contribution in [0.3, 0.4) is 0 Å². The SMILES string of the molecule is COc1cc(C(=O)NC(C)(C)C)ccc1OC(c1ccc(Cl)cc1)c1ccc(Cl)cc1Cl. The second-order valence-electron chi connectivity index (χ2n) is 8.29. The summed E-state index contributed by atoms with van der Waals surface area (Å²) in [6, 6.07) is 17.6. The Morgan fingerprint density at radius 1 is 0.875 bits per heavy atom. The van der Waals surface area contributed by atoms with Crippen LogP contribution in [0.4, 0.5) is 0 Å². The van der Waals surface area contributed by atoms with Gasteiger partial charge in [-0.15, -0.1) is 0 Å². The zero-order valence-electron chi connectivity index (χ0n) is 18.2. The zero-order chi connectivity index (χ0) is 23.5. The van der Waals surface area contributed by atoms with Gasteiger partial charge in [0.1, 0.15) is 0 Å². The normalized spacial score (nSPS) is 12.2. The maximum atomic E-state index is 12.6. The van der Waals surface area contributed by atoms with E-state index in [9.17, 15) is 4.79 Å². The van der Waals surface area contributed by atoms with Crippen molar-refractivity contribution in [3.63, 3.8) is 0 Å². The van der Waals surface area contributed by atoms with Crippen LogP contribution in [0, 0.1) is 0 Å². The first-order valence-electron chi connectivity index (χ1n) is 9.95. The average Bonchev–Trinajstić information content (AvgIpc) is 2.72. The summed E-state index contributed by atoms with van der Waals surface area (Å²) in [5.41, 5.74) is 1.69. The maximum absolute atomic E-state index is 12.6. The van der Waals surface area contributed by atoms with Gasteiger partial charge in [0.05, 0.1) is 7.11 Å². The molecule has 7 heteroatoms. The van der Waals surface area contributed by atoms with E-state index in [-0.39, 0.29) is 11.4 Å². The third-order valence-corrected chi connectivity index (χ3v) is 5.39. The molecule has 1 amide bonds. The molecule has 0 heterocycles. The third kappa shape index (κ3) is 6.10. The van der Waals surface area contributed by atoms with E-state index in [1.54, 1.807) is 42.5 Å². The van der Waals surface area contributed by atoms with Gasteiger partial charge >= 0.3 is 0 Å². The van der Waals surface area contributed by atoms with Gasteiger partial charge in [-0.25, -0.2) is 0 Å². The molecule has 0 aliphatic heterocycles. The molecular formula is C25H24Cl3NO3. The van der Waals surface area contributed by atoms with Crippen LogP contribution in [-0.4, -0.2) is 18.6 Å². The van der Waals surface area contributed by atoms with Crippen molar-refractivity contribution in [2.24, 2.45) is 0 Å². The van der Waals surface area contributed by atoms with Crippen molar-refractivity contribution in [3.05, 3.63) is 92.4 Å². The summed E-state index contributed by atoms with van der Waals surface area (Å²) in [5.74, 6) is 0.693. The van der Waals surface area contributed by atoms with Gasteiger partial charge in [-0.1, -0.05) is 53.0 Å². The highest BCUT2D eigenvalue weighted by Gasteiger charge is 2.23. The summed E-state index contributed by atoms with van der Waals surface area (Å²) in [5, 5.41) is 4.55. The Morgan fingerprint density at radius 2 is 1.53 bits per heavy atom. The molecule has 1 unspecified atom stereocenters. The molecule has 0 saturated carbocycles.